The van der Waals surface area contributed by atoms with Gasteiger partial charge >= 0.3 is 5.91 Å². The van der Waals surface area contributed by atoms with Gasteiger partial charge in [0.2, 0.25) is 0 Å². The van der Waals surface area contributed by atoms with Crippen LogP contribution >= 0.6 is 15.9 Å². The molecular formula is C10H13BrN2O2. The minimum atomic E-state index is -0.347. The van der Waals surface area contributed by atoms with Gasteiger partial charge in [-0.25, -0.2) is 5.43 Å². The summed E-state index contributed by atoms with van der Waals surface area (Å²) in [6.45, 7) is 5.88. The molecule has 1 aromatic rings. The van der Waals surface area contributed by atoms with E-state index in [-0.39, 0.29) is 11.7 Å². The number of rotatable bonds is 3. The maximum atomic E-state index is 11.5. The van der Waals surface area contributed by atoms with Crippen LogP contribution in [-0.2, 0) is 0 Å². The lowest BCUT2D eigenvalue weighted by molar-refractivity contribution is 0.0925. The average molecular weight is 273 g/mol. The second-order valence-electron chi connectivity index (χ2n) is 3.45. The van der Waals surface area contributed by atoms with Crippen molar-refractivity contribution in [1.82, 2.24) is 5.43 Å². The maximum Gasteiger partial charge on any atom is 0.307 e. The van der Waals surface area contributed by atoms with E-state index >= 15 is 0 Å². The number of carbonyl (C=O) groups is 1. The van der Waals surface area contributed by atoms with E-state index < -0.39 is 0 Å². The van der Waals surface area contributed by atoms with E-state index in [1.54, 1.807) is 12.1 Å². The fourth-order valence-electron chi connectivity index (χ4n) is 0.759. The Labute approximate surface area is 96.9 Å². The third-order valence-corrected chi connectivity index (χ3v) is 2.39. The predicted octanol–water partition coefficient (Wildman–Crippen LogP) is 2.80. The van der Waals surface area contributed by atoms with Crippen LogP contribution in [0.3, 0.4) is 0 Å². The molecule has 1 aromatic heterocycles. The van der Waals surface area contributed by atoms with Gasteiger partial charge in [-0.3, -0.25) is 4.79 Å². The molecule has 0 unspecified atom stereocenters. The Morgan fingerprint density at radius 3 is 2.67 bits per heavy atom. The molecule has 0 saturated heterocycles. The zero-order valence-electron chi connectivity index (χ0n) is 8.87. The van der Waals surface area contributed by atoms with Gasteiger partial charge in [0.1, 0.15) is 0 Å². The lowest BCUT2D eigenvalue weighted by Crippen LogP contribution is -2.19. The monoisotopic (exact) mass is 272 g/mol. The minimum absolute atomic E-state index is 0.238. The minimum Gasteiger partial charge on any atom is -0.444 e. The number of hydrogen-bond acceptors (Lipinski definition) is 3. The van der Waals surface area contributed by atoms with E-state index in [0.29, 0.717) is 10.6 Å². The molecule has 82 valence electrons. The molecule has 0 aliphatic carbocycles. The highest BCUT2D eigenvalue weighted by Gasteiger charge is 2.09. The van der Waals surface area contributed by atoms with Gasteiger partial charge in [-0.1, -0.05) is 13.8 Å². The fourth-order valence-corrected chi connectivity index (χ4v) is 1.07. The molecule has 0 fully saturated rings. The molecule has 0 aliphatic heterocycles. The quantitative estimate of drug-likeness (QED) is 0.680. The SMILES string of the molecule is CC(=NNC(=O)c1ccc(Br)o1)C(C)C. The highest BCUT2D eigenvalue weighted by Crippen LogP contribution is 2.13. The summed E-state index contributed by atoms with van der Waals surface area (Å²) in [6.07, 6.45) is 0. The second-order valence-corrected chi connectivity index (χ2v) is 4.23. The van der Waals surface area contributed by atoms with E-state index in [0.717, 1.165) is 5.71 Å². The van der Waals surface area contributed by atoms with Gasteiger partial charge < -0.3 is 4.42 Å². The van der Waals surface area contributed by atoms with Gasteiger partial charge in [0.05, 0.1) is 0 Å². The number of hydrogen-bond donors (Lipinski definition) is 1. The van der Waals surface area contributed by atoms with Crippen LogP contribution in [0.1, 0.15) is 31.3 Å². The number of amides is 1. The van der Waals surface area contributed by atoms with Gasteiger partial charge in [-0.2, -0.15) is 5.10 Å². The van der Waals surface area contributed by atoms with E-state index in [4.69, 9.17) is 4.42 Å². The number of nitrogens with one attached hydrogen (secondary N) is 1. The lowest BCUT2D eigenvalue weighted by atomic mass is 10.1. The van der Waals surface area contributed by atoms with E-state index in [1.807, 2.05) is 20.8 Å². The van der Waals surface area contributed by atoms with Gasteiger partial charge in [0.15, 0.2) is 10.4 Å². The highest BCUT2D eigenvalue weighted by atomic mass is 79.9. The summed E-state index contributed by atoms with van der Waals surface area (Å²) in [7, 11) is 0. The first-order chi connectivity index (χ1) is 7.00. The molecule has 0 saturated carbocycles. The molecule has 0 aromatic carbocycles. The molecule has 1 amide bonds. The first-order valence-corrected chi connectivity index (χ1v) is 5.40. The first kappa shape index (κ1) is 12.0. The van der Waals surface area contributed by atoms with E-state index in [1.165, 1.54) is 0 Å². The molecule has 1 rings (SSSR count). The van der Waals surface area contributed by atoms with Crippen LogP contribution < -0.4 is 5.43 Å². The van der Waals surface area contributed by atoms with Gasteiger partial charge in [-0.05, 0) is 40.9 Å². The van der Waals surface area contributed by atoms with Crippen LogP contribution in [0.15, 0.2) is 26.3 Å². The number of hydrazone groups is 1. The molecular weight excluding hydrogens is 260 g/mol. The summed E-state index contributed by atoms with van der Waals surface area (Å²) in [6, 6.07) is 3.24. The normalized spacial score (nSPS) is 11.9. The predicted molar refractivity (Wildman–Crippen MR) is 61.8 cm³/mol. The van der Waals surface area contributed by atoms with E-state index in [2.05, 4.69) is 26.5 Å². The molecule has 0 radical (unpaired) electrons. The van der Waals surface area contributed by atoms with Crippen LogP contribution in [-0.4, -0.2) is 11.6 Å². The van der Waals surface area contributed by atoms with Crippen LogP contribution in [0, 0.1) is 5.92 Å². The Bertz CT molecular complexity index is 383. The topological polar surface area (TPSA) is 54.6 Å². The molecule has 0 aliphatic rings. The Morgan fingerprint density at radius 2 is 2.20 bits per heavy atom. The Balaban J connectivity index is 2.61. The zero-order chi connectivity index (χ0) is 11.4. The molecule has 1 N–H and O–H groups in total. The number of carbonyl (C=O) groups excluding carboxylic acids is 1. The van der Waals surface area contributed by atoms with Gasteiger partial charge in [-0.15, -0.1) is 0 Å². The van der Waals surface area contributed by atoms with Crippen molar-refractivity contribution in [3.63, 3.8) is 0 Å². The summed E-state index contributed by atoms with van der Waals surface area (Å²) in [5, 5.41) is 3.95. The second kappa shape index (κ2) is 5.11. The van der Waals surface area contributed by atoms with Crippen molar-refractivity contribution in [2.75, 3.05) is 0 Å². The fraction of sp³-hybridized carbons (Fsp3) is 0.400. The largest absolute Gasteiger partial charge is 0.444 e. The third kappa shape index (κ3) is 3.51. The summed E-state index contributed by atoms with van der Waals surface area (Å²) < 4.78 is 5.60. The van der Waals surface area contributed by atoms with Crippen LogP contribution in [0.4, 0.5) is 0 Å². The van der Waals surface area contributed by atoms with Crippen molar-refractivity contribution < 1.29 is 9.21 Å². The smallest absolute Gasteiger partial charge is 0.307 e. The highest BCUT2D eigenvalue weighted by molar-refractivity contribution is 9.10. The van der Waals surface area contributed by atoms with Gasteiger partial charge in [0.25, 0.3) is 0 Å². The summed E-state index contributed by atoms with van der Waals surface area (Å²) in [4.78, 5) is 11.5. The van der Waals surface area contributed by atoms with Crippen molar-refractivity contribution in [3.8, 4) is 0 Å². The molecule has 15 heavy (non-hydrogen) atoms. The summed E-state index contributed by atoms with van der Waals surface area (Å²) >= 11 is 3.12. The Morgan fingerprint density at radius 1 is 1.53 bits per heavy atom. The molecule has 1 heterocycles. The Hall–Kier alpha value is -1.10. The number of furan rings is 1. The summed E-state index contributed by atoms with van der Waals surface area (Å²) in [5.74, 6) is 0.205. The molecule has 0 spiro atoms. The van der Waals surface area contributed by atoms with Gasteiger partial charge in [0, 0.05) is 5.71 Å². The standard InChI is InChI=1S/C10H13BrN2O2/c1-6(2)7(3)12-13-10(14)8-4-5-9(11)15-8/h4-6H,1-3H3,(H,13,14). The van der Waals surface area contributed by atoms with Crippen LogP contribution in [0.2, 0.25) is 0 Å². The van der Waals surface area contributed by atoms with Crippen LogP contribution in [0.25, 0.3) is 0 Å². The first-order valence-electron chi connectivity index (χ1n) is 4.60. The average Bonchev–Trinajstić information content (AvgIpc) is 2.60. The number of halogens is 1. The van der Waals surface area contributed by atoms with Crippen LogP contribution in [0.5, 0.6) is 0 Å². The third-order valence-electron chi connectivity index (χ3n) is 1.97. The molecule has 4 nitrogen and oxygen atoms in total. The Kier molecular flexibility index (Phi) is 4.08. The maximum absolute atomic E-state index is 11.5. The van der Waals surface area contributed by atoms with Crippen molar-refractivity contribution >= 4 is 27.5 Å². The number of nitrogens with zero attached hydrogens (tertiary/aromatic N) is 1. The molecule has 0 bridgehead atoms. The molecule has 0 atom stereocenters. The van der Waals surface area contributed by atoms with Crippen molar-refractivity contribution in [2.45, 2.75) is 20.8 Å². The van der Waals surface area contributed by atoms with E-state index in [9.17, 15) is 4.79 Å². The molecule has 5 heteroatoms. The van der Waals surface area contributed by atoms with Crippen molar-refractivity contribution in [3.05, 3.63) is 22.6 Å². The van der Waals surface area contributed by atoms with Crippen molar-refractivity contribution in [2.24, 2.45) is 11.0 Å². The van der Waals surface area contributed by atoms with Crippen molar-refractivity contribution in [1.29, 1.82) is 0 Å². The summed E-state index contributed by atoms with van der Waals surface area (Å²) in [5.41, 5.74) is 3.30. The lowest BCUT2D eigenvalue weighted by Gasteiger charge is -2.03. The zero-order valence-corrected chi connectivity index (χ0v) is 10.5.